The van der Waals surface area contributed by atoms with Crippen molar-refractivity contribution >= 4 is 22.6 Å². The molecule has 1 aliphatic heterocycles. The van der Waals surface area contributed by atoms with Gasteiger partial charge in [0.15, 0.2) is 5.82 Å². The lowest BCUT2D eigenvalue weighted by molar-refractivity contribution is 0.0343. The number of benzene rings is 2. The number of ether oxygens (including phenoxy) is 1. The first-order chi connectivity index (χ1) is 15.6. The lowest BCUT2D eigenvalue weighted by Crippen LogP contribution is -2.35. The Kier molecular flexibility index (Phi) is 5.38. The number of nitrogens with zero attached hydrogens (tertiary/aromatic N) is 3. The largest absolute Gasteiger partial charge is 0.379 e. The number of imidazole rings is 1. The summed E-state index contributed by atoms with van der Waals surface area (Å²) in [6.45, 7) is 3.88. The van der Waals surface area contributed by atoms with Crippen molar-refractivity contribution in [3.63, 3.8) is 0 Å². The van der Waals surface area contributed by atoms with Crippen molar-refractivity contribution in [3.05, 3.63) is 65.4 Å². The Balaban J connectivity index is 1.44. The minimum atomic E-state index is -0.941. The zero-order chi connectivity index (χ0) is 22.1. The van der Waals surface area contributed by atoms with Crippen molar-refractivity contribution in [2.75, 3.05) is 31.6 Å². The van der Waals surface area contributed by atoms with Crippen LogP contribution >= 0.6 is 0 Å². The Hall–Kier alpha value is -3.63. The number of H-pyrrole nitrogens is 2. The van der Waals surface area contributed by atoms with E-state index >= 15 is 0 Å². The summed E-state index contributed by atoms with van der Waals surface area (Å²) in [6, 6.07) is 9.16. The van der Waals surface area contributed by atoms with Gasteiger partial charge in [0.25, 0.3) is 5.91 Å². The van der Waals surface area contributed by atoms with E-state index in [-0.39, 0.29) is 5.69 Å². The van der Waals surface area contributed by atoms with Crippen LogP contribution in [0, 0.1) is 11.6 Å². The van der Waals surface area contributed by atoms with Gasteiger partial charge in [-0.25, -0.2) is 13.8 Å². The minimum absolute atomic E-state index is 0.256. The third kappa shape index (κ3) is 3.85. The summed E-state index contributed by atoms with van der Waals surface area (Å²) in [5.41, 5.74) is 2.70. The molecule has 1 saturated heterocycles. The molecule has 3 N–H and O–H groups in total. The number of fused-ring (bicyclic) bond motifs is 1. The topological polar surface area (TPSA) is 98.9 Å². The van der Waals surface area contributed by atoms with E-state index in [0.717, 1.165) is 48.4 Å². The Morgan fingerprint density at radius 3 is 2.66 bits per heavy atom. The minimum Gasteiger partial charge on any atom is -0.379 e. The van der Waals surface area contributed by atoms with Gasteiger partial charge in [-0.2, -0.15) is 5.10 Å². The average molecular weight is 438 g/mol. The van der Waals surface area contributed by atoms with E-state index in [9.17, 15) is 13.6 Å². The summed E-state index contributed by atoms with van der Waals surface area (Å²) < 4.78 is 33.4. The molecule has 5 rings (SSSR count). The fourth-order valence-corrected chi connectivity index (χ4v) is 3.80. The van der Waals surface area contributed by atoms with Crippen LogP contribution in [-0.2, 0) is 11.3 Å². The maximum Gasteiger partial charge on any atom is 0.261 e. The van der Waals surface area contributed by atoms with Gasteiger partial charge in [0, 0.05) is 19.6 Å². The number of halogens is 2. The molecule has 4 aromatic rings. The van der Waals surface area contributed by atoms with Crippen LogP contribution in [0.4, 0.5) is 14.5 Å². The highest BCUT2D eigenvalue weighted by atomic mass is 19.1. The van der Waals surface area contributed by atoms with Crippen LogP contribution in [0.25, 0.3) is 22.6 Å². The average Bonchev–Trinajstić information content (AvgIpc) is 3.41. The number of carbonyl (C=O) groups is 1. The summed E-state index contributed by atoms with van der Waals surface area (Å²) in [6.07, 6.45) is 1.37. The zero-order valence-corrected chi connectivity index (χ0v) is 17.0. The van der Waals surface area contributed by atoms with Crippen molar-refractivity contribution in [3.8, 4) is 11.5 Å². The monoisotopic (exact) mass is 438 g/mol. The summed E-state index contributed by atoms with van der Waals surface area (Å²) in [7, 11) is 0. The molecule has 2 aromatic carbocycles. The van der Waals surface area contributed by atoms with E-state index < -0.39 is 23.1 Å². The number of aromatic amines is 2. The van der Waals surface area contributed by atoms with E-state index in [1.807, 2.05) is 18.2 Å². The smallest absolute Gasteiger partial charge is 0.261 e. The summed E-state index contributed by atoms with van der Waals surface area (Å²) >= 11 is 0. The molecule has 0 atom stereocenters. The number of hydrogen-bond donors (Lipinski definition) is 3. The van der Waals surface area contributed by atoms with Crippen LogP contribution in [0.2, 0.25) is 0 Å². The summed E-state index contributed by atoms with van der Waals surface area (Å²) in [4.78, 5) is 22.7. The molecule has 0 radical (unpaired) electrons. The number of aromatic nitrogens is 4. The lowest BCUT2D eigenvalue weighted by Gasteiger charge is -2.26. The molecule has 10 heteroatoms. The van der Waals surface area contributed by atoms with E-state index in [0.29, 0.717) is 24.7 Å². The highest BCUT2D eigenvalue weighted by molar-refractivity contribution is 6.06. The van der Waals surface area contributed by atoms with Crippen molar-refractivity contribution in [2.24, 2.45) is 0 Å². The van der Waals surface area contributed by atoms with E-state index in [2.05, 4.69) is 25.4 Å². The van der Waals surface area contributed by atoms with Crippen molar-refractivity contribution < 1.29 is 18.3 Å². The molecule has 32 heavy (non-hydrogen) atoms. The van der Waals surface area contributed by atoms with Gasteiger partial charge in [-0.3, -0.25) is 14.8 Å². The summed E-state index contributed by atoms with van der Waals surface area (Å²) in [5, 5.41) is 9.28. The number of rotatable bonds is 5. The van der Waals surface area contributed by atoms with Gasteiger partial charge in [0.1, 0.15) is 22.9 Å². The van der Waals surface area contributed by atoms with Gasteiger partial charge in [0.2, 0.25) is 0 Å². The number of amides is 1. The number of morpholine rings is 1. The number of hydrogen-bond acceptors (Lipinski definition) is 5. The molecule has 0 aliphatic carbocycles. The highest BCUT2D eigenvalue weighted by Crippen LogP contribution is 2.28. The predicted molar refractivity (Wildman–Crippen MR) is 114 cm³/mol. The molecule has 0 spiro atoms. The zero-order valence-electron chi connectivity index (χ0n) is 17.0. The molecule has 1 aliphatic rings. The number of carbonyl (C=O) groups excluding carboxylic acids is 1. The molecule has 2 aromatic heterocycles. The Labute approximate surface area is 181 Å². The maximum atomic E-state index is 14.0. The van der Waals surface area contributed by atoms with Crippen LogP contribution in [0.15, 0.2) is 42.6 Å². The SMILES string of the molecule is O=C(Nc1cn[nH]c1-c1nc2c(CN3CCOCC3)cccc2[nH]1)c1c(F)cccc1F. The Morgan fingerprint density at radius 2 is 1.88 bits per heavy atom. The molecule has 1 amide bonds. The van der Waals surface area contributed by atoms with Gasteiger partial charge >= 0.3 is 0 Å². The molecule has 3 heterocycles. The van der Waals surface area contributed by atoms with Crippen molar-refractivity contribution in [1.82, 2.24) is 25.1 Å². The standard InChI is InChI=1S/C22H20F2N6O2/c23-14-4-2-5-15(24)18(14)22(31)27-17-11-25-29-20(17)21-26-16-6-1-3-13(19(16)28-21)12-30-7-9-32-10-8-30/h1-6,11H,7-10,12H2,(H,25,29)(H,26,28)(H,27,31). The van der Waals surface area contributed by atoms with Gasteiger partial charge in [-0.1, -0.05) is 18.2 Å². The van der Waals surface area contributed by atoms with Crippen molar-refractivity contribution in [1.29, 1.82) is 0 Å². The van der Waals surface area contributed by atoms with Crippen LogP contribution in [0.1, 0.15) is 15.9 Å². The predicted octanol–water partition coefficient (Wildman–Crippen LogP) is 3.32. The molecule has 0 saturated carbocycles. The molecular weight excluding hydrogens is 418 g/mol. The van der Waals surface area contributed by atoms with Gasteiger partial charge in [0.05, 0.1) is 36.1 Å². The van der Waals surface area contributed by atoms with Crippen LogP contribution in [-0.4, -0.2) is 57.3 Å². The van der Waals surface area contributed by atoms with E-state index in [1.165, 1.54) is 12.3 Å². The number of anilines is 1. The van der Waals surface area contributed by atoms with E-state index in [4.69, 9.17) is 9.72 Å². The normalized spacial score (nSPS) is 14.7. The number of nitrogens with one attached hydrogen (secondary N) is 3. The highest BCUT2D eigenvalue weighted by Gasteiger charge is 2.21. The van der Waals surface area contributed by atoms with Crippen molar-refractivity contribution in [2.45, 2.75) is 6.54 Å². The number of para-hydroxylation sites is 1. The van der Waals surface area contributed by atoms with Gasteiger partial charge in [-0.15, -0.1) is 0 Å². The fourth-order valence-electron chi connectivity index (χ4n) is 3.80. The van der Waals surface area contributed by atoms with Crippen LogP contribution < -0.4 is 5.32 Å². The molecular formula is C22H20F2N6O2. The Morgan fingerprint density at radius 1 is 1.12 bits per heavy atom. The fraction of sp³-hybridized carbons (Fsp3) is 0.227. The first-order valence-corrected chi connectivity index (χ1v) is 10.2. The second-order valence-corrected chi connectivity index (χ2v) is 7.50. The second kappa shape index (κ2) is 8.48. The van der Waals surface area contributed by atoms with Crippen LogP contribution in [0.5, 0.6) is 0 Å². The second-order valence-electron chi connectivity index (χ2n) is 7.50. The van der Waals surface area contributed by atoms with E-state index in [1.54, 1.807) is 0 Å². The quantitative estimate of drug-likeness (QED) is 0.444. The molecule has 8 nitrogen and oxygen atoms in total. The van der Waals surface area contributed by atoms with Crippen LogP contribution in [0.3, 0.4) is 0 Å². The van der Waals surface area contributed by atoms with Gasteiger partial charge in [-0.05, 0) is 23.8 Å². The third-order valence-corrected chi connectivity index (χ3v) is 5.41. The molecule has 0 bridgehead atoms. The van der Waals surface area contributed by atoms with Gasteiger partial charge < -0.3 is 15.0 Å². The molecule has 0 unspecified atom stereocenters. The molecule has 1 fully saturated rings. The lowest BCUT2D eigenvalue weighted by atomic mass is 10.1. The Bertz CT molecular complexity index is 1260. The maximum absolute atomic E-state index is 14.0. The first-order valence-electron chi connectivity index (χ1n) is 10.2. The third-order valence-electron chi connectivity index (χ3n) is 5.41. The first kappa shape index (κ1) is 20.3. The summed E-state index contributed by atoms with van der Waals surface area (Å²) in [5.74, 6) is -2.34. The molecule has 164 valence electrons.